The normalized spacial score (nSPS) is 16.2. The average Bonchev–Trinajstić information content (AvgIpc) is 3.15. The molecule has 1 aliphatic heterocycles. The Bertz CT molecular complexity index is 1060. The number of nitro benzene ring substituents is 1. The largest absolute Gasteiger partial charge is 0.507 e. The van der Waals surface area contributed by atoms with E-state index in [-0.39, 0.29) is 28.8 Å². The zero-order chi connectivity index (χ0) is 24.6. The van der Waals surface area contributed by atoms with Gasteiger partial charge < -0.3 is 15.3 Å². The number of amides is 1. The molecule has 8 heteroatoms. The first-order valence-corrected chi connectivity index (χ1v) is 10.9. The van der Waals surface area contributed by atoms with Crippen LogP contribution >= 0.6 is 0 Å². The van der Waals surface area contributed by atoms with Gasteiger partial charge in [0.1, 0.15) is 11.9 Å². The van der Waals surface area contributed by atoms with E-state index in [9.17, 15) is 20.0 Å². The predicted octanol–water partition coefficient (Wildman–Crippen LogP) is 5.42. The molecule has 0 aromatic heterocycles. The summed E-state index contributed by atoms with van der Waals surface area (Å²) in [5.41, 5.74) is 3.21. The summed E-state index contributed by atoms with van der Waals surface area (Å²) in [5, 5.41) is 28.6. The van der Waals surface area contributed by atoms with Gasteiger partial charge in [0.25, 0.3) is 5.69 Å². The standard InChI is InChI=1S/C25H31N3O5/c1-24(2,3)19-11-15(12-20(23(19)30)25(4,5)6)21-13-18(33-27-21)14-22(29)26-16-7-9-17(10-8-16)28(31)32/h7-12,18,30H,13-14H2,1-6H3,(H,26,29). The monoisotopic (exact) mass is 453 g/mol. The van der Waals surface area contributed by atoms with Gasteiger partial charge in [-0.15, -0.1) is 0 Å². The van der Waals surface area contributed by atoms with Crippen LogP contribution in [0.2, 0.25) is 0 Å². The first kappa shape index (κ1) is 24.2. The molecular formula is C25H31N3O5. The molecule has 0 bridgehead atoms. The second-order valence-corrected chi connectivity index (χ2v) is 10.4. The summed E-state index contributed by atoms with van der Waals surface area (Å²) >= 11 is 0. The third-order valence-corrected chi connectivity index (χ3v) is 5.57. The SMILES string of the molecule is CC(C)(C)c1cc(C2=NOC(CC(=O)Nc3ccc([N+](=O)[O-])cc3)C2)cc(C(C)(C)C)c1O. The lowest BCUT2D eigenvalue weighted by Crippen LogP contribution is -2.21. The van der Waals surface area contributed by atoms with Gasteiger partial charge in [-0.1, -0.05) is 46.7 Å². The fourth-order valence-corrected chi connectivity index (χ4v) is 3.74. The van der Waals surface area contributed by atoms with Crippen LogP contribution in [0, 0.1) is 10.1 Å². The van der Waals surface area contributed by atoms with Gasteiger partial charge in [-0.25, -0.2) is 0 Å². The number of carbonyl (C=O) groups is 1. The Labute approximate surface area is 193 Å². The van der Waals surface area contributed by atoms with Crippen molar-refractivity contribution in [1.82, 2.24) is 0 Å². The van der Waals surface area contributed by atoms with Crippen molar-refractivity contribution >= 4 is 23.0 Å². The highest BCUT2D eigenvalue weighted by molar-refractivity contribution is 6.02. The minimum absolute atomic E-state index is 0.0386. The quantitative estimate of drug-likeness (QED) is 0.464. The Morgan fingerprint density at radius 2 is 1.67 bits per heavy atom. The molecule has 8 nitrogen and oxygen atoms in total. The van der Waals surface area contributed by atoms with E-state index in [1.165, 1.54) is 24.3 Å². The second-order valence-electron chi connectivity index (χ2n) is 10.4. The number of oxime groups is 1. The number of non-ortho nitro benzene ring substituents is 1. The molecule has 2 aromatic rings. The molecule has 1 amide bonds. The van der Waals surface area contributed by atoms with Crippen LogP contribution in [-0.4, -0.2) is 27.8 Å². The number of benzene rings is 2. The Morgan fingerprint density at radius 1 is 1.12 bits per heavy atom. The van der Waals surface area contributed by atoms with Crippen molar-refractivity contribution in [3.05, 3.63) is 63.2 Å². The number of aromatic hydroxyl groups is 1. The van der Waals surface area contributed by atoms with E-state index in [0.29, 0.717) is 17.9 Å². The maximum absolute atomic E-state index is 12.4. The van der Waals surface area contributed by atoms with Crippen LogP contribution in [0.15, 0.2) is 41.6 Å². The highest BCUT2D eigenvalue weighted by Gasteiger charge is 2.30. The van der Waals surface area contributed by atoms with Gasteiger partial charge >= 0.3 is 0 Å². The van der Waals surface area contributed by atoms with Crippen molar-refractivity contribution < 1.29 is 19.7 Å². The molecule has 1 heterocycles. The lowest BCUT2D eigenvalue weighted by atomic mass is 9.78. The van der Waals surface area contributed by atoms with Gasteiger partial charge in [-0.05, 0) is 35.1 Å². The third-order valence-electron chi connectivity index (χ3n) is 5.57. The van der Waals surface area contributed by atoms with Crippen molar-refractivity contribution in [3.63, 3.8) is 0 Å². The molecule has 176 valence electrons. The number of nitrogens with one attached hydrogen (secondary N) is 1. The highest BCUT2D eigenvalue weighted by atomic mass is 16.6. The topological polar surface area (TPSA) is 114 Å². The number of nitrogens with zero attached hydrogens (tertiary/aromatic N) is 2. The fourth-order valence-electron chi connectivity index (χ4n) is 3.74. The zero-order valence-electron chi connectivity index (χ0n) is 19.9. The van der Waals surface area contributed by atoms with Crippen LogP contribution in [0.3, 0.4) is 0 Å². The maximum atomic E-state index is 12.4. The number of phenols is 1. The average molecular weight is 454 g/mol. The highest BCUT2D eigenvalue weighted by Crippen LogP contribution is 2.40. The van der Waals surface area contributed by atoms with E-state index < -0.39 is 11.0 Å². The molecule has 1 unspecified atom stereocenters. The van der Waals surface area contributed by atoms with Crippen LogP contribution in [0.5, 0.6) is 5.75 Å². The minimum Gasteiger partial charge on any atom is -0.507 e. The van der Waals surface area contributed by atoms with E-state index in [2.05, 4.69) is 52.0 Å². The number of hydrogen-bond donors (Lipinski definition) is 2. The Balaban J connectivity index is 1.72. The van der Waals surface area contributed by atoms with Gasteiger partial charge in [0.05, 0.1) is 17.1 Å². The van der Waals surface area contributed by atoms with Crippen molar-refractivity contribution in [2.75, 3.05) is 5.32 Å². The summed E-state index contributed by atoms with van der Waals surface area (Å²) in [5.74, 6) is 0.0408. The Kier molecular flexibility index (Phi) is 6.49. The minimum atomic E-state index is -0.490. The lowest BCUT2D eigenvalue weighted by molar-refractivity contribution is -0.384. The number of hydrogen-bond acceptors (Lipinski definition) is 6. The molecule has 0 aliphatic carbocycles. The van der Waals surface area contributed by atoms with Crippen molar-refractivity contribution in [2.24, 2.45) is 5.16 Å². The van der Waals surface area contributed by atoms with E-state index in [1.807, 2.05) is 12.1 Å². The Morgan fingerprint density at radius 3 is 2.15 bits per heavy atom. The van der Waals surface area contributed by atoms with Gasteiger partial charge in [0.2, 0.25) is 5.91 Å². The van der Waals surface area contributed by atoms with Crippen LogP contribution < -0.4 is 5.32 Å². The maximum Gasteiger partial charge on any atom is 0.269 e. The number of nitro groups is 1. The molecule has 2 aromatic carbocycles. The molecule has 0 saturated heterocycles. The second kappa shape index (κ2) is 8.84. The summed E-state index contributed by atoms with van der Waals surface area (Å²) in [6, 6.07) is 9.57. The zero-order valence-corrected chi connectivity index (χ0v) is 19.9. The summed E-state index contributed by atoms with van der Waals surface area (Å²) < 4.78 is 0. The van der Waals surface area contributed by atoms with Crippen molar-refractivity contribution in [3.8, 4) is 5.75 Å². The molecule has 1 aliphatic rings. The number of phenolic OH excluding ortho intramolecular Hbond substituents is 1. The van der Waals surface area contributed by atoms with Crippen LogP contribution in [0.1, 0.15) is 71.1 Å². The molecule has 0 fully saturated rings. The first-order valence-electron chi connectivity index (χ1n) is 10.9. The van der Waals surface area contributed by atoms with Crippen LogP contribution in [0.25, 0.3) is 0 Å². The molecule has 3 rings (SSSR count). The van der Waals surface area contributed by atoms with Gasteiger partial charge in [0, 0.05) is 40.9 Å². The summed E-state index contributed by atoms with van der Waals surface area (Å²) in [6.07, 6.45) is 0.148. The van der Waals surface area contributed by atoms with E-state index in [0.717, 1.165) is 22.4 Å². The van der Waals surface area contributed by atoms with Gasteiger partial charge in [0.15, 0.2) is 0 Å². The molecule has 0 radical (unpaired) electrons. The lowest BCUT2D eigenvalue weighted by Gasteiger charge is -2.28. The van der Waals surface area contributed by atoms with E-state index in [1.54, 1.807) is 0 Å². The van der Waals surface area contributed by atoms with Crippen molar-refractivity contribution in [1.29, 1.82) is 0 Å². The molecule has 0 spiro atoms. The van der Waals surface area contributed by atoms with E-state index >= 15 is 0 Å². The predicted molar refractivity (Wildman–Crippen MR) is 128 cm³/mol. The first-order chi connectivity index (χ1) is 15.3. The summed E-state index contributed by atoms with van der Waals surface area (Å²) in [7, 11) is 0. The van der Waals surface area contributed by atoms with Crippen molar-refractivity contribution in [2.45, 2.75) is 71.3 Å². The number of carbonyl (C=O) groups excluding carboxylic acids is 1. The van der Waals surface area contributed by atoms with Crippen LogP contribution in [0.4, 0.5) is 11.4 Å². The molecule has 0 saturated carbocycles. The summed E-state index contributed by atoms with van der Waals surface area (Å²) in [4.78, 5) is 28.2. The fraction of sp³-hybridized carbons (Fsp3) is 0.440. The molecular weight excluding hydrogens is 422 g/mol. The van der Waals surface area contributed by atoms with Gasteiger partial charge in [-0.3, -0.25) is 14.9 Å². The summed E-state index contributed by atoms with van der Waals surface area (Å²) in [6.45, 7) is 12.3. The Hall–Kier alpha value is -3.42. The smallest absolute Gasteiger partial charge is 0.269 e. The number of anilines is 1. The molecule has 1 atom stereocenters. The third kappa shape index (κ3) is 5.69. The van der Waals surface area contributed by atoms with E-state index in [4.69, 9.17) is 4.84 Å². The van der Waals surface area contributed by atoms with Gasteiger partial charge in [-0.2, -0.15) is 0 Å². The number of rotatable bonds is 5. The molecule has 33 heavy (non-hydrogen) atoms. The van der Waals surface area contributed by atoms with Crippen LogP contribution in [-0.2, 0) is 20.5 Å². The molecule has 2 N–H and O–H groups in total.